The molecule has 0 bridgehead atoms. The summed E-state index contributed by atoms with van der Waals surface area (Å²) in [6, 6.07) is 9.50. The average molecular weight is 386 g/mol. The van der Waals surface area contributed by atoms with Gasteiger partial charge in [-0.2, -0.15) is 5.26 Å². The molecule has 0 saturated carbocycles. The van der Waals surface area contributed by atoms with E-state index in [1.54, 1.807) is 16.2 Å². The van der Waals surface area contributed by atoms with Gasteiger partial charge in [-0.1, -0.05) is 11.6 Å². The van der Waals surface area contributed by atoms with Gasteiger partial charge in [0.2, 0.25) is 0 Å². The lowest BCUT2D eigenvalue weighted by atomic mass is 10.2. The first-order valence-corrected chi connectivity index (χ1v) is 9.38. The van der Waals surface area contributed by atoms with Crippen molar-refractivity contribution in [2.45, 2.75) is 12.5 Å². The molecule has 2 aromatic heterocycles. The van der Waals surface area contributed by atoms with Crippen molar-refractivity contribution in [3.05, 3.63) is 51.4 Å². The highest BCUT2D eigenvalue weighted by Crippen LogP contribution is 2.35. The summed E-state index contributed by atoms with van der Waals surface area (Å²) in [6.07, 6.45) is 2.62. The number of halogens is 1. The van der Waals surface area contributed by atoms with E-state index in [9.17, 15) is 10.1 Å². The highest BCUT2D eigenvalue weighted by molar-refractivity contribution is 7.11. The molecule has 0 radical (unpaired) electrons. The summed E-state index contributed by atoms with van der Waals surface area (Å²) in [5.74, 6) is 0. The number of anilines is 2. The van der Waals surface area contributed by atoms with E-state index in [2.05, 4.69) is 15.2 Å². The van der Waals surface area contributed by atoms with Crippen LogP contribution < -0.4 is 10.9 Å². The summed E-state index contributed by atoms with van der Waals surface area (Å²) in [6.45, 7) is 1.75. The Morgan fingerprint density at radius 3 is 3.00 bits per heavy atom. The number of fused-ring (bicyclic) bond motifs is 1. The second-order valence-electron chi connectivity index (χ2n) is 6.36. The molecule has 1 atom stereocenters. The van der Waals surface area contributed by atoms with Gasteiger partial charge in [0.25, 0.3) is 5.56 Å². The molecule has 132 valence electrons. The lowest BCUT2D eigenvalue weighted by molar-refractivity contribution is 0.396. The van der Waals surface area contributed by atoms with Crippen LogP contribution in [0.15, 0.2) is 35.3 Å². The van der Waals surface area contributed by atoms with Gasteiger partial charge < -0.3 is 10.2 Å². The quantitative estimate of drug-likeness (QED) is 0.745. The SMILES string of the molecule is CN1CC[C@@H](n2sc(Nc3c(Cl)ccc4ncccc34)c(C#N)c2=O)C1. The number of pyridine rings is 1. The van der Waals surface area contributed by atoms with E-state index in [1.807, 2.05) is 31.3 Å². The molecule has 0 unspecified atom stereocenters. The smallest absolute Gasteiger partial charge is 0.281 e. The van der Waals surface area contributed by atoms with Gasteiger partial charge in [-0.05, 0) is 55.8 Å². The second kappa shape index (κ2) is 6.72. The van der Waals surface area contributed by atoms with Crippen molar-refractivity contribution in [3.63, 3.8) is 0 Å². The Morgan fingerprint density at radius 2 is 2.27 bits per heavy atom. The lowest BCUT2D eigenvalue weighted by Gasteiger charge is -2.11. The van der Waals surface area contributed by atoms with Gasteiger partial charge >= 0.3 is 0 Å². The van der Waals surface area contributed by atoms with Gasteiger partial charge in [-0.3, -0.25) is 13.7 Å². The molecular weight excluding hydrogens is 370 g/mol. The Hall–Kier alpha value is -2.40. The maximum atomic E-state index is 12.7. The number of hydrogen-bond donors (Lipinski definition) is 1. The zero-order chi connectivity index (χ0) is 18.3. The fourth-order valence-electron chi connectivity index (χ4n) is 3.29. The van der Waals surface area contributed by atoms with Crippen molar-refractivity contribution in [2.75, 3.05) is 25.5 Å². The molecule has 0 spiro atoms. The molecule has 6 nitrogen and oxygen atoms in total. The van der Waals surface area contributed by atoms with Crippen molar-refractivity contribution in [1.29, 1.82) is 5.26 Å². The largest absolute Gasteiger partial charge is 0.343 e. The molecule has 4 rings (SSSR count). The van der Waals surface area contributed by atoms with Crippen molar-refractivity contribution in [3.8, 4) is 6.07 Å². The van der Waals surface area contributed by atoms with Gasteiger partial charge in [-0.15, -0.1) is 0 Å². The third kappa shape index (κ3) is 2.86. The van der Waals surface area contributed by atoms with Crippen molar-refractivity contribution in [1.82, 2.24) is 13.8 Å². The number of aromatic nitrogens is 2. The molecule has 1 fully saturated rings. The Labute approximate surface area is 159 Å². The number of rotatable bonds is 3. The van der Waals surface area contributed by atoms with Gasteiger partial charge in [0.05, 0.1) is 22.3 Å². The van der Waals surface area contributed by atoms with Crippen LogP contribution in [0, 0.1) is 11.3 Å². The molecule has 1 aromatic carbocycles. The number of nitrogens with zero attached hydrogens (tertiary/aromatic N) is 4. The number of benzene rings is 1. The van der Waals surface area contributed by atoms with E-state index in [0.29, 0.717) is 15.7 Å². The Morgan fingerprint density at radius 1 is 1.42 bits per heavy atom. The van der Waals surface area contributed by atoms with Crippen molar-refractivity contribution < 1.29 is 0 Å². The number of likely N-dealkylation sites (tertiary alicyclic amines) is 1. The van der Waals surface area contributed by atoms with Crippen molar-refractivity contribution >= 4 is 44.7 Å². The van der Waals surface area contributed by atoms with Gasteiger partial charge in [0, 0.05) is 18.1 Å². The van der Waals surface area contributed by atoms with Gasteiger partial charge in [0.1, 0.15) is 11.1 Å². The molecule has 1 aliphatic heterocycles. The molecule has 0 aliphatic carbocycles. The standard InChI is InChI=1S/C18H16ClN5OS/c1-23-8-6-11(10-23)24-18(25)13(9-20)17(26-24)22-16-12-3-2-7-21-15(12)5-4-14(16)19/h2-5,7,11,22H,6,8,10H2,1H3/t11-/m1/s1. The van der Waals surface area contributed by atoms with Crippen molar-refractivity contribution in [2.24, 2.45) is 0 Å². The Bertz CT molecular complexity index is 1080. The molecule has 3 aromatic rings. The molecule has 26 heavy (non-hydrogen) atoms. The summed E-state index contributed by atoms with van der Waals surface area (Å²) in [5, 5.41) is 14.6. The van der Waals surface area contributed by atoms with Crippen LogP contribution in [0.1, 0.15) is 18.0 Å². The van der Waals surface area contributed by atoms with Crippen LogP contribution in [-0.2, 0) is 0 Å². The summed E-state index contributed by atoms with van der Waals surface area (Å²) in [7, 11) is 2.03. The number of nitriles is 1. The summed E-state index contributed by atoms with van der Waals surface area (Å²) in [4.78, 5) is 19.2. The molecule has 1 saturated heterocycles. The minimum atomic E-state index is -0.241. The first-order valence-electron chi connectivity index (χ1n) is 8.23. The van der Waals surface area contributed by atoms with Crippen LogP contribution in [0.5, 0.6) is 0 Å². The monoisotopic (exact) mass is 385 g/mol. The van der Waals surface area contributed by atoms with Crippen LogP contribution in [0.4, 0.5) is 10.7 Å². The Balaban J connectivity index is 1.79. The maximum Gasteiger partial charge on any atom is 0.281 e. The molecule has 8 heteroatoms. The van der Waals surface area contributed by atoms with E-state index in [4.69, 9.17) is 11.6 Å². The minimum Gasteiger partial charge on any atom is -0.343 e. The molecule has 1 aliphatic rings. The van der Waals surface area contributed by atoms with Gasteiger partial charge in [-0.25, -0.2) is 0 Å². The van der Waals surface area contributed by atoms with E-state index in [0.717, 1.165) is 30.4 Å². The van der Waals surface area contributed by atoms with Crippen LogP contribution in [0.25, 0.3) is 10.9 Å². The number of nitrogens with one attached hydrogen (secondary N) is 1. The summed E-state index contributed by atoms with van der Waals surface area (Å²) >= 11 is 7.67. The Kier molecular flexibility index (Phi) is 4.41. The minimum absolute atomic E-state index is 0.102. The molecule has 1 N–H and O–H groups in total. The average Bonchev–Trinajstić information content (AvgIpc) is 3.20. The zero-order valence-corrected chi connectivity index (χ0v) is 15.6. The topological polar surface area (TPSA) is 74.0 Å². The predicted octanol–water partition coefficient (Wildman–Crippen LogP) is 3.60. The van der Waals surface area contributed by atoms with Gasteiger partial charge in [0.15, 0.2) is 5.56 Å². The highest BCUT2D eigenvalue weighted by atomic mass is 35.5. The zero-order valence-electron chi connectivity index (χ0n) is 14.1. The number of hydrogen-bond acceptors (Lipinski definition) is 6. The van der Waals surface area contributed by atoms with E-state index < -0.39 is 0 Å². The normalized spacial score (nSPS) is 17.5. The highest BCUT2D eigenvalue weighted by Gasteiger charge is 2.26. The lowest BCUT2D eigenvalue weighted by Crippen LogP contribution is -2.23. The van der Waals surface area contributed by atoms with Crippen LogP contribution in [-0.4, -0.2) is 34.0 Å². The van der Waals surface area contributed by atoms with E-state index >= 15 is 0 Å². The third-order valence-electron chi connectivity index (χ3n) is 4.61. The summed E-state index contributed by atoms with van der Waals surface area (Å²) in [5.41, 5.74) is 1.34. The first kappa shape index (κ1) is 17.0. The predicted molar refractivity (Wildman–Crippen MR) is 104 cm³/mol. The molecule has 0 amide bonds. The van der Waals surface area contributed by atoms with Crippen LogP contribution in [0.2, 0.25) is 5.02 Å². The van der Waals surface area contributed by atoms with E-state index in [1.165, 1.54) is 11.5 Å². The molecular formula is C18H16ClN5OS. The van der Waals surface area contributed by atoms with E-state index in [-0.39, 0.29) is 17.2 Å². The number of likely N-dealkylation sites (N-methyl/N-ethyl adjacent to an activating group) is 1. The fraction of sp³-hybridized carbons (Fsp3) is 0.278. The maximum absolute atomic E-state index is 12.7. The summed E-state index contributed by atoms with van der Waals surface area (Å²) < 4.78 is 1.71. The second-order valence-corrected chi connectivity index (χ2v) is 7.75. The first-order chi connectivity index (χ1) is 12.6. The van der Waals surface area contributed by atoms with Crippen LogP contribution >= 0.6 is 23.1 Å². The fourth-order valence-corrected chi connectivity index (χ4v) is 4.56. The van der Waals surface area contributed by atoms with Crippen LogP contribution in [0.3, 0.4) is 0 Å². The third-order valence-corrected chi connectivity index (χ3v) is 6.08. The molecule has 3 heterocycles.